The molecule has 0 aliphatic carbocycles. The van der Waals surface area contributed by atoms with Gasteiger partial charge in [0.05, 0.1) is 11.8 Å². The van der Waals surface area contributed by atoms with Crippen LogP contribution in [0, 0.1) is 0 Å². The van der Waals surface area contributed by atoms with Gasteiger partial charge in [0, 0.05) is 38.8 Å². The van der Waals surface area contributed by atoms with E-state index in [9.17, 15) is 9.59 Å². The summed E-state index contributed by atoms with van der Waals surface area (Å²) in [6, 6.07) is 13.4. The average Bonchev–Trinajstić information content (AvgIpc) is 3.36. The molecule has 4 aromatic rings. The van der Waals surface area contributed by atoms with Crippen LogP contribution in [0.3, 0.4) is 0 Å². The smallest absolute Gasteiger partial charge is 0.257 e. The van der Waals surface area contributed by atoms with E-state index in [4.69, 9.17) is 0 Å². The summed E-state index contributed by atoms with van der Waals surface area (Å²) in [5.41, 5.74) is 3.03. The van der Waals surface area contributed by atoms with E-state index >= 15 is 0 Å². The fourth-order valence-electron chi connectivity index (χ4n) is 3.28. The van der Waals surface area contributed by atoms with Crippen LogP contribution in [0.4, 0.5) is 0 Å². The van der Waals surface area contributed by atoms with Crippen molar-refractivity contribution in [3.8, 4) is 11.4 Å². The third-order valence-electron chi connectivity index (χ3n) is 5.04. The molecule has 0 aliphatic rings. The highest BCUT2D eigenvalue weighted by atomic mass is 16.2. The number of ketones is 1. The lowest BCUT2D eigenvalue weighted by molar-refractivity contribution is 0.0795. The molecular formula is C22H22N6O2. The van der Waals surface area contributed by atoms with E-state index < -0.39 is 0 Å². The summed E-state index contributed by atoms with van der Waals surface area (Å²) < 4.78 is 3.13. The number of fused-ring (bicyclic) bond motifs is 1. The fourth-order valence-corrected chi connectivity index (χ4v) is 3.28. The van der Waals surface area contributed by atoms with Gasteiger partial charge < -0.3 is 4.90 Å². The van der Waals surface area contributed by atoms with E-state index in [0.717, 1.165) is 11.1 Å². The number of aromatic nitrogens is 5. The summed E-state index contributed by atoms with van der Waals surface area (Å²) in [5.74, 6) is 0.236. The molecule has 4 rings (SSSR count). The van der Waals surface area contributed by atoms with Crippen LogP contribution in [0.15, 0.2) is 54.9 Å². The minimum atomic E-state index is -0.215. The molecular weight excluding hydrogens is 380 g/mol. The van der Waals surface area contributed by atoms with Crippen LogP contribution < -0.4 is 0 Å². The van der Waals surface area contributed by atoms with Gasteiger partial charge in [0.2, 0.25) is 0 Å². The molecule has 0 unspecified atom stereocenters. The molecule has 8 nitrogen and oxygen atoms in total. The largest absolute Gasteiger partial charge is 0.342 e. The Hall–Kier alpha value is -3.81. The number of benzene rings is 1. The van der Waals surface area contributed by atoms with Crippen LogP contribution in [0.1, 0.15) is 33.3 Å². The zero-order valence-corrected chi connectivity index (χ0v) is 17.1. The maximum absolute atomic E-state index is 13.0. The number of hydrogen-bond acceptors (Lipinski definition) is 5. The number of amides is 1. The van der Waals surface area contributed by atoms with E-state index in [1.54, 1.807) is 29.7 Å². The molecule has 8 heteroatoms. The van der Waals surface area contributed by atoms with Crippen molar-refractivity contribution < 1.29 is 9.59 Å². The first-order chi connectivity index (χ1) is 14.5. The number of rotatable bonds is 6. The Bertz CT molecular complexity index is 1230. The summed E-state index contributed by atoms with van der Waals surface area (Å²) in [7, 11) is 3.37. The monoisotopic (exact) mass is 402 g/mol. The highest BCUT2D eigenvalue weighted by Gasteiger charge is 2.24. The van der Waals surface area contributed by atoms with Crippen molar-refractivity contribution in [1.82, 2.24) is 29.3 Å². The van der Waals surface area contributed by atoms with Crippen LogP contribution in [0.5, 0.6) is 0 Å². The third-order valence-corrected chi connectivity index (χ3v) is 5.04. The number of pyridine rings is 1. The summed E-state index contributed by atoms with van der Waals surface area (Å²) in [5, 5.41) is 8.65. The zero-order chi connectivity index (χ0) is 21.3. The molecule has 0 fully saturated rings. The van der Waals surface area contributed by atoms with Gasteiger partial charge in [-0.1, -0.05) is 36.4 Å². The van der Waals surface area contributed by atoms with Crippen LogP contribution >= 0.6 is 0 Å². The van der Waals surface area contributed by atoms with Gasteiger partial charge in [-0.2, -0.15) is 5.10 Å². The number of carbonyl (C=O) groups is 2. The second-order valence-electron chi connectivity index (χ2n) is 7.09. The topological polar surface area (TPSA) is 85.4 Å². The van der Waals surface area contributed by atoms with Crippen molar-refractivity contribution in [2.45, 2.75) is 13.3 Å². The predicted molar refractivity (Wildman–Crippen MR) is 112 cm³/mol. The van der Waals surface area contributed by atoms with Gasteiger partial charge in [0.25, 0.3) is 5.91 Å². The maximum atomic E-state index is 13.0. The second kappa shape index (κ2) is 7.90. The Morgan fingerprint density at radius 2 is 1.87 bits per heavy atom. The lowest BCUT2D eigenvalue weighted by Gasteiger charge is -2.14. The molecule has 0 saturated carbocycles. The molecule has 3 aromatic heterocycles. The average molecular weight is 402 g/mol. The first kappa shape index (κ1) is 19.5. The van der Waals surface area contributed by atoms with Gasteiger partial charge in [0.1, 0.15) is 5.69 Å². The van der Waals surface area contributed by atoms with E-state index in [2.05, 4.69) is 15.2 Å². The van der Waals surface area contributed by atoms with Gasteiger partial charge in [-0.3, -0.25) is 14.3 Å². The molecule has 1 aromatic carbocycles. The Labute approximate surface area is 173 Å². The highest BCUT2D eigenvalue weighted by Crippen LogP contribution is 2.18. The molecule has 0 atom stereocenters. The standard InChI is InChI=1S/C22H22N6O2/c1-4-26(2)22(30)17-13-23-27(3)20(17)18(29)12-15-10-11-19-24-21(25-28(19)14-15)16-8-6-5-7-9-16/h5-11,13-14H,4,12H2,1-3H3. The van der Waals surface area contributed by atoms with Gasteiger partial charge in [-0.15, -0.1) is 5.10 Å². The number of nitrogens with zero attached hydrogens (tertiary/aromatic N) is 6. The molecule has 0 N–H and O–H groups in total. The summed E-state index contributed by atoms with van der Waals surface area (Å²) in [6.07, 6.45) is 3.38. The minimum Gasteiger partial charge on any atom is -0.342 e. The zero-order valence-electron chi connectivity index (χ0n) is 17.1. The van der Waals surface area contributed by atoms with Gasteiger partial charge in [0.15, 0.2) is 17.3 Å². The van der Waals surface area contributed by atoms with E-state index in [1.165, 1.54) is 10.9 Å². The van der Waals surface area contributed by atoms with Crippen LogP contribution in [-0.4, -0.2) is 54.6 Å². The first-order valence-corrected chi connectivity index (χ1v) is 9.69. The maximum Gasteiger partial charge on any atom is 0.257 e. The quantitative estimate of drug-likeness (QED) is 0.463. The predicted octanol–water partition coefficient (Wildman–Crippen LogP) is 2.65. The number of aryl methyl sites for hydroxylation is 1. The molecule has 0 radical (unpaired) electrons. The molecule has 0 aliphatic heterocycles. The van der Waals surface area contributed by atoms with Crippen molar-refractivity contribution in [2.75, 3.05) is 13.6 Å². The van der Waals surface area contributed by atoms with Crippen molar-refractivity contribution in [2.24, 2.45) is 7.05 Å². The Balaban J connectivity index is 1.61. The fraction of sp³-hybridized carbons (Fsp3) is 0.227. The lowest BCUT2D eigenvalue weighted by Crippen LogP contribution is -2.28. The normalized spacial score (nSPS) is 11.0. The van der Waals surface area contributed by atoms with Crippen LogP contribution in [0.2, 0.25) is 0 Å². The summed E-state index contributed by atoms with van der Waals surface area (Å²) in [4.78, 5) is 31.7. The highest BCUT2D eigenvalue weighted by molar-refractivity contribution is 6.07. The number of hydrogen-bond donors (Lipinski definition) is 0. The molecule has 0 spiro atoms. The molecule has 30 heavy (non-hydrogen) atoms. The second-order valence-corrected chi connectivity index (χ2v) is 7.09. The number of Topliss-reactive ketones (excluding diaryl/α,β-unsaturated/α-hetero) is 1. The third kappa shape index (κ3) is 3.59. The Morgan fingerprint density at radius 3 is 2.60 bits per heavy atom. The van der Waals surface area contributed by atoms with Crippen LogP contribution in [0.25, 0.3) is 17.0 Å². The van der Waals surface area contributed by atoms with Crippen LogP contribution in [-0.2, 0) is 13.5 Å². The lowest BCUT2D eigenvalue weighted by atomic mass is 10.1. The minimum absolute atomic E-state index is 0.131. The van der Waals surface area contributed by atoms with Crippen molar-refractivity contribution in [1.29, 1.82) is 0 Å². The van der Waals surface area contributed by atoms with Gasteiger partial charge >= 0.3 is 0 Å². The summed E-state index contributed by atoms with van der Waals surface area (Å²) >= 11 is 0. The molecule has 3 heterocycles. The Morgan fingerprint density at radius 1 is 1.10 bits per heavy atom. The van der Waals surface area contributed by atoms with Crippen molar-refractivity contribution in [3.05, 3.63) is 71.7 Å². The summed E-state index contributed by atoms with van der Waals surface area (Å²) in [6.45, 7) is 2.43. The molecule has 0 saturated heterocycles. The van der Waals surface area contributed by atoms with Crippen molar-refractivity contribution >= 4 is 17.3 Å². The van der Waals surface area contributed by atoms with E-state index in [-0.39, 0.29) is 18.1 Å². The SMILES string of the molecule is CCN(C)C(=O)c1cnn(C)c1C(=O)Cc1ccc2nc(-c3ccccc3)nn2c1. The van der Waals surface area contributed by atoms with Gasteiger partial charge in [-0.05, 0) is 18.6 Å². The van der Waals surface area contributed by atoms with E-state index in [1.807, 2.05) is 49.4 Å². The van der Waals surface area contributed by atoms with Gasteiger partial charge in [-0.25, -0.2) is 9.50 Å². The van der Waals surface area contributed by atoms with Crippen molar-refractivity contribution in [3.63, 3.8) is 0 Å². The Kier molecular flexibility index (Phi) is 5.14. The first-order valence-electron chi connectivity index (χ1n) is 9.69. The molecule has 152 valence electrons. The van der Waals surface area contributed by atoms with E-state index in [0.29, 0.717) is 29.3 Å². The number of carbonyl (C=O) groups excluding carboxylic acids is 2. The molecule has 1 amide bonds. The molecule has 0 bridgehead atoms.